The van der Waals surface area contributed by atoms with E-state index >= 15 is 0 Å². The number of carbonyl (C=O) groups is 1. The Morgan fingerprint density at radius 3 is 2.64 bits per heavy atom. The number of nitrogens with zero attached hydrogens (tertiary/aromatic N) is 3. The number of aryl methyl sites for hydroxylation is 2. The van der Waals surface area contributed by atoms with Crippen molar-refractivity contribution in [2.75, 3.05) is 53.3 Å². The first-order chi connectivity index (χ1) is 13.3. The van der Waals surface area contributed by atoms with E-state index in [1.807, 2.05) is 33.9 Å². The van der Waals surface area contributed by atoms with Crippen molar-refractivity contribution < 1.29 is 28.5 Å². The highest BCUT2D eigenvalue weighted by molar-refractivity contribution is 5.77. The number of methoxy groups -OCH3 is 1. The van der Waals surface area contributed by atoms with Crippen LogP contribution < -0.4 is 0 Å². The lowest BCUT2D eigenvalue weighted by atomic mass is 10.3. The maximum Gasteiger partial charge on any atom is 0.249 e. The van der Waals surface area contributed by atoms with E-state index in [4.69, 9.17) is 23.7 Å². The van der Waals surface area contributed by atoms with Gasteiger partial charge in [-0.25, -0.2) is 0 Å². The maximum absolute atomic E-state index is 12.8. The largest absolute Gasteiger partial charge is 0.382 e. The zero-order valence-electron chi connectivity index (χ0n) is 17.6. The van der Waals surface area contributed by atoms with Crippen molar-refractivity contribution in [2.24, 2.45) is 7.05 Å². The monoisotopic (exact) mass is 399 g/mol. The summed E-state index contributed by atoms with van der Waals surface area (Å²) >= 11 is 0. The Morgan fingerprint density at radius 1 is 1.32 bits per heavy atom. The first-order valence-corrected chi connectivity index (χ1v) is 9.54. The van der Waals surface area contributed by atoms with Crippen molar-refractivity contribution in [1.29, 1.82) is 0 Å². The lowest BCUT2D eigenvalue weighted by molar-refractivity contribution is -0.149. The minimum Gasteiger partial charge on any atom is -0.382 e. The fourth-order valence-electron chi connectivity index (χ4n) is 2.97. The molecule has 9 nitrogen and oxygen atoms in total. The van der Waals surface area contributed by atoms with E-state index in [0.29, 0.717) is 46.1 Å². The molecule has 1 amide bonds. The van der Waals surface area contributed by atoms with Crippen LogP contribution in [0.4, 0.5) is 0 Å². The Morgan fingerprint density at radius 2 is 2.04 bits per heavy atom. The zero-order chi connectivity index (χ0) is 20.6. The molecule has 0 saturated carbocycles. The molecule has 28 heavy (non-hydrogen) atoms. The van der Waals surface area contributed by atoms with Gasteiger partial charge in [-0.15, -0.1) is 0 Å². The molecule has 2 heterocycles. The van der Waals surface area contributed by atoms with Crippen LogP contribution in [-0.4, -0.2) is 85.8 Å². The van der Waals surface area contributed by atoms with E-state index < -0.39 is 5.79 Å². The lowest BCUT2D eigenvalue weighted by Gasteiger charge is -2.26. The van der Waals surface area contributed by atoms with Gasteiger partial charge in [0.1, 0.15) is 12.7 Å². The minimum atomic E-state index is -0.626. The van der Waals surface area contributed by atoms with Crippen LogP contribution in [0, 0.1) is 6.92 Å². The highest BCUT2D eigenvalue weighted by Gasteiger charge is 2.34. The molecule has 1 aliphatic heterocycles. The molecule has 1 fully saturated rings. The molecule has 1 saturated heterocycles. The number of hydrogen-bond donors (Lipinski definition) is 0. The number of hydrogen-bond acceptors (Lipinski definition) is 7. The summed E-state index contributed by atoms with van der Waals surface area (Å²) in [6, 6.07) is 1.97. The van der Waals surface area contributed by atoms with E-state index in [-0.39, 0.29) is 18.6 Å². The second-order valence-electron chi connectivity index (χ2n) is 7.28. The van der Waals surface area contributed by atoms with Crippen molar-refractivity contribution in [3.63, 3.8) is 0 Å². The summed E-state index contributed by atoms with van der Waals surface area (Å²) in [5.74, 6) is -0.734. The third-order valence-electron chi connectivity index (χ3n) is 4.33. The van der Waals surface area contributed by atoms with Crippen LogP contribution in [0.1, 0.15) is 25.2 Å². The van der Waals surface area contributed by atoms with Crippen LogP contribution in [0.5, 0.6) is 0 Å². The Labute approximate surface area is 166 Å². The van der Waals surface area contributed by atoms with Gasteiger partial charge in [0, 0.05) is 20.7 Å². The molecule has 0 N–H and O–H groups in total. The predicted octanol–water partition coefficient (Wildman–Crippen LogP) is 0.888. The van der Waals surface area contributed by atoms with Gasteiger partial charge in [0.15, 0.2) is 5.79 Å². The van der Waals surface area contributed by atoms with Crippen LogP contribution in [0.2, 0.25) is 0 Å². The third-order valence-corrected chi connectivity index (χ3v) is 4.33. The van der Waals surface area contributed by atoms with Gasteiger partial charge in [-0.1, -0.05) is 0 Å². The molecule has 0 aliphatic carbocycles. The second kappa shape index (κ2) is 10.9. The van der Waals surface area contributed by atoms with E-state index in [0.717, 1.165) is 11.4 Å². The Hall–Kier alpha value is -1.52. The SMILES string of the molecule is COCCOCCOCC(=O)N(Cc1cc(C)nn1C)C[C@H]1COC(C)(C)O1. The van der Waals surface area contributed by atoms with Crippen molar-refractivity contribution in [3.05, 3.63) is 17.5 Å². The van der Waals surface area contributed by atoms with Gasteiger partial charge in [-0.3, -0.25) is 9.48 Å². The molecule has 0 unspecified atom stereocenters. The number of ether oxygens (including phenoxy) is 5. The summed E-state index contributed by atoms with van der Waals surface area (Å²) in [5.41, 5.74) is 1.86. The van der Waals surface area contributed by atoms with Crippen molar-refractivity contribution in [1.82, 2.24) is 14.7 Å². The van der Waals surface area contributed by atoms with Crippen LogP contribution in [-0.2, 0) is 42.1 Å². The van der Waals surface area contributed by atoms with Crippen molar-refractivity contribution in [3.8, 4) is 0 Å². The van der Waals surface area contributed by atoms with Crippen LogP contribution in [0.15, 0.2) is 6.07 Å². The molecule has 1 aliphatic rings. The van der Waals surface area contributed by atoms with Gasteiger partial charge in [0.25, 0.3) is 0 Å². The summed E-state index contributed by atoms with van der Waals surface area (Å²) in [6.07, 6.45) is -0.175. The van der Waals surface area contributed by atoms with Gasteiger partial charge in [0.05, 0.1) is 51.0 Å². The van der Waals surface area contributed by atoms with Crippen LogP contribution >= 0.6 is 0 Å². The maximum atomic E-state index is 12.8. The van der Waals surface area contributed by atoms with E-state index in [1.54, 1.807) is 16.7 Å². The van der Waals surface area contributed by atoms with Crippen molar-refractivity contribution >= 4 is 5.91 Å². The number of amides is 1. The number of aromatic nitrogens is 2. The Bertz CT molecular complexity index is 619. The fraction of sp³-hybridized carbons (Fsp3) is 0.789. The molecular weight excluding hydrogens is 366 g/mol. The highest BCUT2D eigenvalue weighted by Crippen LogP contribution is 2.23. The molecular formula is C19H33N3O6. The van der Waals surface area contributed by atoms with Crippen LogP contribution in [0.25, 0.3) is 0 Å². The second-order valence-corrected chi connectivity index (χ2v) is 7.28. The summed E-state index contributed by atoms with van der Waals surface area (Å²) in [6.45, 7) is 8.80. The molecule has 0 bridgehead atoms. The lowest BCUT2D eigenvalue weighted by Crippen LogP contribution is -2.41. The van der Waals surface area contributed by atoms with Gasteiger partial charge < -0.3 is 28.6 Å². The minimum absolute atomic E-state index is 0.0125. The smallest absolute Gasteiger partial charge is 0.249 e. The zero-order valence-corrected chi connectivity index (χ0v) is 17.6. The van der Waals surface area contributed by atoms with Crippen LogP contribution in [0.3, 0.4) is 0 Å². The van der Waals surface area contributed by atoms with Gasteiger partial charge >= 0.3 is 0 Å². The first-order valence-electron chi connectivity index (χ1n) is 9.54. The average Bonchev–Trinajstić information content (AvgIpc) is 3.13. The topological polar surface area (TPSA) is 84.3 Å². The Kier molecular flexibility index (Phi) is 8.84. The molecule has 1 aromatic rings. The Balaban J connectivity index is 1.87. The predicted molar refractivity (Wildman–Crippen MR) is 102 cm³/mol. The molecule has 0 radical (unpaired) electrons. The summed E-state index contributed by atoms with van der Waals surface area (Å²) in [5, 5.41) is 4.35. The molecule has 2 rings (SSSR count). The fourth-order valence-corrected chi connectivity index (χ4v) is 2.97. The van der Waals surface area contributed by atoms with E-state index in [9.17, 15) is 4.79 Å². The first kappa shape index (κ1) is 22.8. The summed E-state index contributed by atoms with van der Waals surface area (Å²) in [7, 11) is 3.49. The van der Waals surface area contributed by atoms with Crippen molar-refractivity contribution in [2.45, 2.75) is 39.2 Å². The molecule has 160 valence electrons. The third kappa shape index (κ3) is 7.48. The van der Waals surface area contributed by atoms with E-state index in [2.05, 4.69) is 5.10 Å². The molecule has 1 aromatic heterocycles. The van der Waals surface area contributed by atoms with Gasteiger partial charge in [-0.2, -0.15) is 5.10 Å². The average molecular weight is 399 g/mol. The molecule has 1 atom stereocenters. The highest BCUT2D eigenvalue weighted by atomic mass is 16.7. The van der Waals surface area contributed by atoms with E-state index in [1.165, 1.54) is 0 Å². The summed E-state index contributed by atoms with van der Waals surface area (Å²) in [4.78, 5) is 14.5. The van der Waals surface area contributed by atoms with Gasteiger partial charge in [0.2, 0.25) is 5.91 Å². The normalized spacial score (nSPS) is 18.5. The molecule has 0 spiro atoms. The molecule has 9 heteroatoms. The quantitative estimate of drug-likeness (QED) is 0.483. The standard InChI is InChI=1S/C19H33N3O6/c1-15-10-16(21(4)20-15)11-22(12-17-13-27-19(2,3)28-17)18(23)14-26-9-8-25-7-6-24-5/h10,17H,6-9,11-14H2,1-5H3/t17-/m0/s1. The molecule has 0 aromatic carbocycles. The van der Waals surface area contributed by atoms with Gasteiger partial charge in [-0.05, 0) is 26.8 Å². The number of rotatable bonds is 12. The number of carbonyl (C=O) groups excluding carboxylic acids is 1. The summed E-state index contributed by atoms with van der Waals surface area (Å²) < 4.78 is 29.0.